The fourth-order valence-electron chi connectivity index (χ4n) is 3.63. The van der Waals surface area contributed by atoms with Crippen LogP contribution in [0.15, 0.2) is 67.1 Å². The quantitative estimate of drug-likeness (QED) is 0.374. The molecule has 7 nitrogen and oxygen atoms in total. The third-order valence-electron chi connectivity index (χ3n) is 5.49. The molecule has 0 unspecified atom stereocenters. The zero-order chi connectivity index (χ0) is 23.9. The van der Waals surface area contributed by atoms with E-state index in [2.05, 4.69) is 24.9 Å². The van der Waals surface area contributed by atoms with E-state index in [-0.39, 0.29) is 11.9 Å². The molecule has 0 bridgehead atoms. The van der Waals surface area contributed by atoms with Crippen LogP contribution < -0.4 is 10.1 Å². The van der Waals surface area contributed by atoms with E-state index >= 15 is 0 Å². The first-order valence-electron chi connectivity index (χ1n) is 10.8. The zero-order valence-electron chi connectivity index (χ0n) is 18.3. The zero-order valence-corrected chi connectivity index (χ0v) is 18.3. The Kier molecular flexibility index (Phi) is 7.44. The number of carbonyl (C=O) groups is 1. The molecule has 0 radical (unpaired) electrons. The highest BCUT2D eigenvalue weighted by Gasteiger charge is 2.15. The third-order valence-corrected chi connectivity index (χ3v) is 5.49. The molecule has 0 aliphatic carbocycles. The number of likely N-dealkylation sites (tertiary alicyclic amines) is 1. The lowest BCUT2D eigenvalue weighted by Crippen LogP contribution is -2.32. The van der Waals surface area contributed by atoms with Gasteiger partial charge in [-0.2, -0.15) is 8.78 Å². The lowest BCUT2D eigenvalue weighted by Gasteiger charge is -2.28. The Hall–Kier alpha value is -3.85. The fourth-order valence-corrected chi connectivity index (χ4v) is 3.63. The van der Waals surface area contributed by atoms with Crippen molar-refractivity contribution in [2.24, 2.45) is 0 Å². The van der Waals surface area contributed by atoms with E-state index in [9.17, 15) is 18.7 Å². The number of ether oxygens (including phenoxy) is 1. The highest BCUT2D eigenvalue weighted by Crippen LogP contribution is 2.24. The van der Waals surface area contributed by atoms with Crippen molar-refractivity contribution in [1.82, 2.24) is 14.9 Å². The maximum Gasteiger partial charge on any atom is 0.387 e. The van der Waals surface area contributed by atoms with Gasteiger partial charge in [-0.1, -0.05) is 24.3 Å². The molecule has 2 N–H and O–H groups in total. The summed E-state index contributed by atoms with van der Waals surface area (Å²) in [5.74, 6) is 0.482. The summed E-state index contributed by atoms with van der Waals surface area (Å²) in [6.45, 7) is -1.42. The van der Waals surface area contributed by atoms with Crippen LogP contribution in [0.2, 0.25) is 0 Å². The fraction of sp³-hybridized carbons (Fsp3) is 0.240. The highest BCUT2D eigenvalue weighted by molar-refractivity contribution is 6.06. The number of nitrogens with zero attached hydrogens (tertiary/aromatic N) is 3. The second-order valence-electron chi connectivity index (χ2n) is 7.87. The van der Waals surface area contributed by atoms with Gasteiger partial charge in [-0.25, -0.2) is 9.97 Å². The Labute approximate surface area is 195 Å². The number of aromatic nitrogens is 2. The summed E-state index contributed by atoms with van der Waals surface area (Å²) in [5, 5.41) is 12.7. The first kappa shape index (κ1) is 23.3. The lowest BCUT2D eigenvalue weighted by molar-refractivity contribution is -0.103. The average molecular weight is 466 g/mol. The van der Waals surface area contributed by atoms with Gasteiger partial charge < -0.3 is 20.1 Å². The number of halogens is 2. The van der Waals surface area contributed by atoms with Crippen LogP contribution in [0, 0.1) is 0 Å². The molecular formula is C25H24F2N4O3. The summed E-state index contributed by atoms with van der Waals surface area (Å²) in [5.41, 5.74) is 3.64. The third kappa shape index (κ3) is 6.14. The average Bonchev–Trinajstić information content (AvgIpc) is 2.85. The van der Waals surface area contributed by atoms with Crippen LogP contribution in [0.25, 0.3) is 16.7 Å². The van der Waals surface area contributed by atoms with Gasteiger partial charge in [0.15, 0.2) is 6.29 Å². The van der Waals surface area contributed by atoms with Crippen molar-refractivity contribution < 1.29 is 23.4 Å². The van der Waals surface area contributed by atoms with Crippen LogP contribution >= 0.6 is 0 Å². The molecule has 1 aromatic heterocycles. The molecule has 1 aliphatic rings. The number of piperidine rings is 1. The summed E-state index contributed by atoms with van der Waals surface area (Å²) in [4.78, 5) is 22.3. The number of allylic oxidation sites excluding steroid dienone is 1. The van der Waals surface area contributed by atoms with Crippen molar-refractivity contribution in [1.29, 1.82) is 0 Å². The molecule has 176 valence electrons. The monoisotopic (exact) mass is 466 g/mol. The molecular weight excluding hydrogens is 442 g/mol. The largest absolute Gasteiger partial charge is 0.435 e. The van der Waals surface area contributed by atoms with Crippen molar-refractivity contribution in [3.05, 3.63) is 72.7 Å². The maximum atomic E-state index is 12.3. The summed E-state index contributed by atoms with van der Waals surface area (Å²) < 4.78 is 28.9. The van der Waals surface area contributed by atoms with Crippen LogP contribution in [-0.2, 0) is 4.79 Å². The highest BCUT2D eigenvalue weighted by atomic mass is 19.3. The smallest absolute Gasteiger partial charge is 0.387 e. The molecule has 4 rings (SSSR count). The van der Waals surface area contributed by atoms with E-state index in [1.807, 2.05) is 30.5 Å². The normalized spacial score (nSPS) is 14.8. The van der Waals surface area contributed by atoms with Gasteiger partial charge in [-0.3, -0.25) is 4.79 Å². The predicted molar refractivity (Wildman–Crippen MR) is 125 cm³/mol. The number of aldehydes is 1. The van der Waals surface area contributed by atoms with Gasteiger partial charge in [0.1, 0.15) is 5.75 Å². The van der Waals surface area contributed by atoms with Crippen LogP contribution in [0.1, 0.15) is 18.4 Å². The van der Waals surface area contributed by atoms with Gasteiger partial charge in [0.25, 0.3) is 0 Å². The summed E-state index contributed by atoms with van der Waals surface area (Å²) in [6, 6.07) is 13.6. The Bertz CT molecular complexity index is 1110. The second-order valence-corrected chi connectivity index (χ2v) is 7.87. The van der Waals surface area contributed by atoms with Gasteiger partial charge in [-0.15, -0.1) is 0 Å². The van der Waals surface area contributed by atoms with Crippen LogP contribution in [0.5, 0.6) is 5.75 Å². The molecule has 0 spiro atoms. The van der Waals surface area contributed by atoms with E-state index in [4.69, 9.17) is 0 Å². The van der Waals surface area contributed by atoms with Crippen LogP contribution in [0.3, 0.4) is 0 Å². The molecule has 34 heavy (non-hydrogen) atoms. The van der Waals surface area contributed by atoms with Crippen molar-refractivity contribution in [3.8, 4) is 16.9 Å². The number of anilines is 2. The Morgan fingerprint density at radius 3 is 2.26 bits per heavy atom. The second kappa shape index (κ2) is 10.8. The van der Waals surface area contributed by atoms with E-state index in [0.717, 1.165) is 41.8 Å². The van der Waals surface area contributed by atoms with Gasteiger partial charge in [0, 0.05) is 48.5 Å². The van der Waals surface area contributed by atoms with Crippen molar-refractivity contribution >= 4 is 23.5 Å². The van der Waals surface area contributed by atoms with E-state index < -0.39 is 6.61 Å². The predicted octanol–water partition coefficient (Wildman–Crippen LogP) is 4.49. The minimum absolute atomic E-state index is 0.0868. The van der Waals surface area contributed by atoms with Crippen molar-refractivity contribution in [3.63, 3.8) is 0 Å². The molecule has 1 aliphatic heterocycles. The number of rotatable bonds is 8. The number of alkyl halides is 2. The topological polar surface area (TPSA) is 87.6 Å². The Morgan fingerprint density at radius 1 is 1.03 bits per heavy atom. The number of hydrogen-bond acceptors (Lipinski definition) is 7. The Morgan fingerprint density at radius 2 is 1.68 bits per heavy atom. The molecule has 2 heterocycles. The van der Waals surface area contributed by atoms with Crippen molar-refractivity contribution in [2.75, 3.05) is 18.4 Å². The van der Waals surface area contributed by atoms with E-state index in [1.54, 1.807) is 24.5 Å². The number of hydrogen-bond donors (Lipinski definition) is 2. The first-order valence-corrected chi connectivity index (χ1v) is 10.8. The Balaban J connectivity index is 1.39. The van der Waals surface area contributed by atoms with Crippen LogP contribution in [-0.4, -0.2) is 52.1 Å². The minimum atomic E-state index is -2.86. The molecule has 2 aromatic carbocycles. The number of benzene rings is 2. The molecule has 0 amide bonds. The summed E-state index contributed by atoms with van der Waals surface area (Å²) >= 11 is 0. The van der Waals surface area contributed by atoms with Gasteiger partial charge in [0.05, 0.1) is 6.10 Å². The van der Waals surface area contributed by atoms with E-state index in [0.29, 0.717) is 24.4 Å². The number of nitrogens with one attached hydrogen (secondary N) is 1. The molecule has 1 saturated heterocycles. The van der Waals surface area contributed by atoms with Gasteiger partial charge in [-0.05, 0) is 48.2 Å². The number of carbonyl (C=O) groups excluding carboxylic acids is 1. The molecule has 1 fully saturated rings. The molecule has 0 saturated carbocycles. The van der Waals surface area contributed by atoms with E-state index in [1.165, 1.54) is 12.1 Å². The lowest BCUT2D eigenvalue weighted by atomic mass is 10.1. The van der Waals surface area contributed by atoms with Gasteiger partial charge in [0.2, 0.25) is 5.95 Å². The summed E-state index contributed by atoms with van der Waals surface area (Å²) in [6.07, 6.45) is 7.08. The van der Waals surface area contributed by atoms with Crippen molar-refractivity contribution in [2.45, 2.75) is 25.6 Å². The SMILES string of the molecule is O=CC(=CN1CCC(O)CC1)c1ccc(Nc2ncc(-c3ccc(OC(F)F)cc3)cn2)cc1. The van der Waals surface area contributed by atoms with Gasteiger partial charge >= 0.3 is 6.61 Å². The molecule has 3 aromatic rings. The number of aliphatic hydroxyl groups excluding tert-OH is 1. The first-order chi connectivity index (χ1) is 16.5. The molecule has 0 atom stereocenters. The summed E-state index contributed by atoms with van der Waals surface area (Å²) in [7, 11) is 0. The molecule has 9 heteroatoms. The standard InChI is InChI=1S/C25H24F2N4O3/c26-24(27)34-23-7-3-17(4-8-23)19-13-28-25(29-14-19)30-21-5-1-18(2-6-21)20(16-32)15-31-11-9-22(33)10-12-31/h1-8,13-16,22,24,33H,9-12H2,(H,28,29,30). The number of aliphatic hydroxyl groups is 1. The maximum absolute atomic E-state index is 12.3. The van der Waals surface area contributed by atoms with Crippen LogP contribution in [0.4, 0.5) is 20.4 Å². The minimum Gasteiger partial charge on any atom is -0.435 e.